The van der Waals surface area contributed by atoms with Crippen LogP contribution in [0.2, 0.25) is 0 Å². The molecule has 2 aliphatic rings. The minimum Gasteiger partial charge on any atom is -0.497 e. The summed E-state index contributed by atoms with van der Waals surface area (Å²) in [5.74, 6) is 0.175. The molecule has 2 aromatic heterocycles. The van der Waals surface area contributed by atoms with Gasteiger partial charge in [0.05, 0.1) is 30.6 Å². The second-order valence-electron chi connectivity index (χ2n) is 11.0. The lowest BCUT2D eigenvalue weighted by Crippen LogP contribution is -2.57. The Balaban J connectivity index is 1.34. The fraction of sp³-hybridized carbons (Fsp3) is 0.387. The molecule has 11 heteroatoms. The number of amides is 1. The lowest BCUT2D eigenvalue weighted by molar-refractivity contribution is -0.143. The first kappa shape index (κ1) is 28.2. The van der Waals surface area contributed by atoms with E-state index in [2.05, 4.69) is 27.1 Å². The molecule has 6 rings (SSSR count). The quantitative estimate of drug-likeness (QED) is 0.313. The topological polar surface area (TPSA) is 72.2 Å². The Morgan fingerprint density at radius 3 is 2.36 bits per heavy atom. The van der Waals surface area contributed by atoms with Crippen molar-refractivity contribution in [2.24, 2.45) is 0 Å². The molecule has 1 aliphatic carbocycles. The van der Waals surface area contributed by atoms with Crippen molar-refractivity contribution in [1.82, 2.24) is 24.4 Å². The molecular formula is C31H32F3N5O3. The third kappa shape index (κ3) is 4.51. The number of hydrogen-bond donors (Lipinski definition) is 0. The van der Waals surface area contributed by atoms with E-state index in [0.29, 0.717) is 30.9 Å². The largest absolute Gasteiger partial charge is 0.497 e. The highest BCUT2D eigenvalue weighted by Crippen LogP contribution is 2.53. The van der Waals surface area contributed by atoms with Gasteiger partial charge in [0.2, 0.25) is 0 Å². The van der Waals surface area contributed by atoms with Gasteiger partial charge in [0.1, 0.15) is 11.3 Å². The molecule has 4 aromatic rings. The second kappa shape index (κ2) is 10.4. The van der Waals surface area contributed by atoms with Crippen LogP contribution in [0, 0.1) is 6.92 Å². The Hall–Kier alpha value is -3.96. The summed E-state index contributed by atoms with van der Waals surface area (Å²) in [5.41, 5.74) is 0.414. The molecule has 0 bridgehead atoms. The van der Waals surface area contributed by atoms with Gasteiger partial charge < -0.3 is 14.4 Å². The van der Waals surface area contributed by atoms with Gasteiger partial charge in [0.25, 0.3) is 5.91 Å². The molecule has 1 aliphatic heterocycles. The van der Waals surface area contributed by atoms with Crippen LogP contribution in [0.5, 0.6) is 5.75 Å². The third-order valence-corrected chi connectivity index (χ3v) is 8.63. The maximum atomic E-state index is 14.4. The Bertz CT molecular complexity index is 1620. The average Bonchev–Trinajstić information content (AvgIpc) is 3.60. The van der Waals surface area contributed by atoms with E-state index in [1.807, 2.05) is 25.1 Å². The van der Waals surface area contributed by atoms with Crippen LogP contribution in [0.15, 0.2) is 60.8 Å². The molecule has 3 atom stereocenters. The highest BCUT2D eigenvalue weighted by Gasteiger charge is 2.60. The van der Waals surface area contributed by atoms with Crippen LogP contribution in [-0.2, 0) is 16.5 Å². The summed E-state index contributed by atoms with van der Waals surface area (Å²) in [5, 5.41) is 4.01. The number of fused-ring (bicyclic) bond motifs is 1. The van der Waals surface area contributed by atoms with Crippen molar-refractivity contribution in [1.29, 1.82) is 0 Å². The molecule has 1 saturated heterocycles. The molecular weight excluding hydrogens is 547 g/mol. The van der Waals surface area contributed by atoms with E-state index in [0.717, 1.165) is 10.9 Å². The van der Waals surface area contributed by atoms with Crippen molar-refractivity contribution in [2.45, 2.75) is 44.1 Å². The van der Waals surface area contributed by atoms with E-state index in [-0.39, 0.29) is 40.2 Å². The molecule has 1 amide bonds. The SMILES string of the molecule is COc1ccc(-c2nc3c(C(=O)N4CCN(C5(c6ccccc6)CC5OC)C[C@H]4C)cnn3c(C(F)(F)F)c2C)cc1. The Morgan fingerprint density at radius 2 is 1.76 bits per heavy atom. The van der Waals surface area contributed by atoms with E-state index in [1.54, 1.807) is 36.3 Å². The maximum Gasteiger partial charge on any atom is 0.433 e. The number of halogens is 3. The first-order valence-electron chi connectivity index (χ1n) is 13.8. The molecule has 0 spiro atoms. The first-order valence-corrected chi connectivity index (χ1v) is 13.8. The lowest BCUT2D eigenvalue weighted by atomic mass is 9.99. The van der Waals surface area contributed by atoms with Crippen LogP contribution in [0.3, 0.4) is 0 Å². The van der Waals surface area contributed by atoms with E-state index >= 15 is 0 Å². The number of nitrogens with zero attached hydrogens (tertiary/aromatic N) is 5. The number of alkyl halides is 3. The normalized spacial score (nSPS) is 22.9. The van der Waals surface area contributed by atoms with Crippen LogP contribution in [-0.4, -0.2) is 76.3 Å². The lowest BCUT2D eigenvalue weighted by Gasteiger charge is -2.44. The Kier molecular flexibility index (Phi) is 6.97. The van der Waals surface area contributed by atoms with Crippen LogP contribution in [0.1, 0.15) is 40.5 Å². The number of ether oxygens (including phenoxy) is 2. The summed E-state index contributed by atoms with van der Waals surface area (Å²) in [7, 11) is 3.23. The van der Waals surface area contributed by atoms with Gasteiger partial charge in [-0.15, -0.1) is 0 Å². The predicted octanol–water partition coefficient (Wildman–Crippen LogP) is 5.19. The van der Waals surface area contributed by atoms with Crippen molar-refractivity contribution in [3.8, 4) is 17.0 Å². The van der Waals surface area contributed by atoms with E-state index < -0.39 is 17.8 Å². The van der Waals surface area contributed by atoms with Crippen molar-refractivity contribution in [3.05, 3.63) is 83.2 Å². The molecule has 0 radical (unpaired) electrons. The van der Waals surface area contributed by atoms with E-state index in [9.17, 15) is 18.0 Å². The number of methoxy groups -OCH3 is 2. The maximum absolute atomic E-state index is 14.4. The average molecular weight is 580 g/mol. The third-order valence-electron chi connectivity index (χ3n) is 8.63. The highest BCUT2D eigenvalue weighted by molar-refractivity contribution is 6.00. The number of aromatic nitrogens is 3. The molecule has 3 heterocycles. The van der Waals surface area contributed by atoms with Crippen molar-refractivity contribution >= 4 is 11.6 Å². The van der Waals surface area contributed by atoms with Gasteiger partial charge in [0.15, 0.2) is 11.3 Å². The molecule has 42 heavy (non-hydrogen) atoms. The molecule has 1 saturated carbocycles. The van der Waals surface area contributed by atoms with Gasteiger partial charge in [-0.05, 0) is 43.7 Å². The molecule has 2 unspecified atom stereocenters. The highest BCUT2D eigenvalue weighted by atomic mass is 19.4. The second-order valence-corrected chi connectivity index (χ2v) is 11.0. The van der Waals surface area contributed by atoms with Gasteiger partial charge in [-0.2, -0.15) is 18.3 Å². The standard InChI is InChI=1S/C31H32F3N5O3/c1-19-18-37(30(16-25(30)42-4)22-8-6-5-7-9-22)14-15-38(19)29(40)24-17-35-39-27(31(32,33)34)20(2)26(36-28(24)39)21-10-12-23(41-3)13-11-21/h5-13,17,19,25H,14-16,18H2,1-4H3/t19-,25?,30?/m1/s1. The van der Waals surface area contributed by atoms with Gasteiger partial charge in [-0.1, -0.05) is 30.3 Å². The number of carbonyl (C=O) groups excluding carboxylic acids is 1. The first-order chi connectivity index (χ1) is 20.1. The Morgan fingerprint density at radius 1 is 1.05 bits per heavy atom. The van der Waals surface area contributed by atoms with Gasteiger partial charge in [-0.25, -0.2) is 9.50 Å². The van der Waals surface area contributed by atoms with E-state index in [1.165, 1.54) is 25.8 Å². The monoisotopic (exact) mass is 579 g/mol. The molecule has 220 valence electrons. The van der Waals surface area contributed by atoms with Crippen LogP contribution in [0.25, 0.3) is 16.9 Å². The van der Waals surface area contributed by atoms with Crippen LogP contribution >= 0.6 is 0 Å². The summed E-state index contributed by atoms with van der Waals surface area (Å²) >= 11 is 0. The summed E-state index contributed by atoms with van der Waals surface area (Å²) in [6.45, 7) is 4.93. The van der Waals surface area contributed by atoms with Gasteiger partial charge in [0, 0.05) is 50.3 Å². The molecule has 0 N–H and O–H groups in total. The van der Waals surface area contributed by atoms with E-state index in [4.69, 9.17) is 9.47 Å². The number of rotatable bonds is 6. The molecule has 8 nitrogen and oxygen atoms in total. The number of carbonyl (C=O) groups is 1. The summed E-state index contributed by atoms with van der Waals surface area (Å²) in [4.78, 5) is 22.6. The van der Waals surface area contributed by atoms with Crippen LogP contribution < -0.4 is 4.74 Å². The summed E-state index contributed by atoms with van der Waals surface area (Å²) in [6, 6.07) is 16.6. The zero-order valence-corrected chi connectivity index (χ0v) is 23.9. The molecule has 2 aromatic carbocycles. The van der Waals surface area contributed by atoms with Crippen molar-refractivity contribution < 1.29 is 27.4 Å². The van der Waals surface area contributed by atoms with Gasteiger partial charge >= 0.3 is 6.18 Å². The predicted molar refractivity (Wildman–Crippen MR) is 150 cm³/mol. The zero-order chi connectivity index (χ0) is 29.8. The fourth-order valence-corrected chi connectivity index (χ4v) is 6.41. The fourth-order valence-electron chi connectivity index (χ4n) is 6.41. The molecule has 2 fully saturated rings. The minimum absolute atomic E-state index is 0.0366. The van der Waals surface area contributed by atoms with Crippen LogP contribution in [0.4, 0.5) is 13.2 Å². The number of hydrogen-bond acceptors (Lipinski definition) is 6. The summed E-state index contributed by atoms with van der Waals surface area (Å²) < 4.78 is 54.8. The number of piperazine rings is 1. The smallest absolute Gasteiger partial charge is 0.433 e. The Labute approximate surface area is 241 Å². The zero-order valence-electron chi connectivity index (χ0n) is 23.9. The van der Waals surface area contributed by atoms with Crippen molar-refractivity contribution in [2.75, 3.05) is 33.9 Å². The number of benzene rings is 2. The van der Waals surface area contributed by atoms with Gasteiger partial charge in [-0.3, -0.25) is 9.69 Å². The summed E-state index contributed by atoms with van der Waals surface area (Å²) in [6.07, 6.45) is -2.60. The minimum atomic E-state index is -4.72. The van der Waals surface area contributed by atoms with Crippen molar-refractivity contribution in [3.63, 3.8) is 0 Å².